The second-order valence-electron chi connectivity index (χ2n) is 3.88. The van der Waals surface area contributed by atoms with E-state index in [2.05, 4.69) is 10.3 Å². The van der Waals surface area contributed by atoms with Gasteiger partial charge in [-0.2, -0.15) is 0 Å². The van der Waals surface area contributed by atoms with Gasteiger partial charge in [0.05, 0.1) is 11.5 Å². The average molecular weight is 260 g/mol. The van der Waals surface area contributed by atoms with E-state index in [0.29, 0.717) is 5.82 Å². The number of hydrogen-bond acceptors (Lipinski definition) is 5. The lowest BCUT2D eigenvalue weighted by atomic mass is 10.2. The highest BCUT2D eigenvalue weighted by Gasteiger charge is 2.13. The minimum atomic E-state index is -0.676. The first kappa shape index (κ1) is 12.7. The summed E-state index contributed by atoms with van der Waals surface area (Å²) in [6.45, 7) is 0.262. The molecule has 2 rings (SSSR count). The monoisotopic (exact) mass is 260 g/mol. The maximum atomic E-state index is 11.9. The van der Waals surface area contributed by atoms with Crippen LogP contribution >= 0.6 is 0 Å². The molecule has 0 radical (unpaired) electrons. The fraction of sp³-hybridized carbons (Fsp3) is 0.167. The molecule has 0 bridgehead atoms. The predicted molar refractivity (Wildman–Crippen MR) is 70.2 cm³/mol. The van der Waals surface area contributed by atoms with Gasteiger partial charge < -0.3 is 9.88 Å². The summed E-state index contributed by atoms with van der Waals surface area (Å²) in [5, 5.41) is 13.6. The van der Waals surface area contributed by atoms with Crippen molar-refractivity contribution in [3.8, 4) is 0 Å². The Bertz CT molecular complexity index is 666. The van der Waals surface area contributed by atoms with Crippen molar-refractivity contribution in [2.24, 2.45) is 0 Å². The minimum Gasteiger partial charge on any atom is -0.373 e. The normalized spacial score (nSPS) is 10.2. The molecule has 2 aromatic heterocycles. The van der Waals surface area contributed by atoms with E-state index >= 15 is 0 Å². The standard InChI is InChI=1S/C12H12N4O3/c1-13-11-7-9(4-5-14-11)8-15-6-2-3-10(12(15)17)16(18)19/h2-7H,8H2,1H3,(H,13,14). The molecule has 0 saturated heterocycles. The second-order valence-corrected chi connectivity index (χ2v) is 3.88. The molecule has 0 aliphatic heterocycles. The molecule has 0 atom stereocenters. The highest BCUT2D eigenvalue weighted by molar-refractivity contribution is 5.37. The molecule has 0 saturated carbocycles. The molecule has 2 heterocycles. The van der Waals surface area contributed by atoms with Gasteiger partial charge in [0.2, 0.25) is 0 Å². The quantitative estimate of drug-likeness (QED) is 0.659. The number of rotatable bonds is 4. The van der Waals surface area contributed by atoms with Gasteiger partial charge in [0.15, 0.2) is 0 Å². The highest BCUT2D eigenvalue weighted by atomic mass is 16.6. The Kier molecular flexibility index (Phi) is 3.56. The molecule has 1 N–H and O–H groups in total. The van der Waals surface area contributed by atoms with E-state index in [9.17, 15) is 14.9 Å². The maximum Gasteiger partial charge on any atom is 0.334 e. The number of aromatic nitrogens is 2. The third-order valence-corrected chi connectivity index (χ3v) is 2.63. The van der Waals surface area contributed by atoms with Gasteiger partial charge in [-0.25, -0.2) is 4.98 Å². The molecule has 0 aliphatic carbocycles. The first-order valence-corrected chi connectivity index (χ1v) is 5.58. The lowest BCUT2D eigenvalue weighted by Gasteiger charge is -2.06. The van der Waals surface area contributed by atoms with E-state index in [4.69, 9.17) is 0 Å². The van der Waals surface area contributed by atoms with Gasteiger partial charge in [-0.15, -0.1) is 0 Å². The van der Waals surface area contributed by atoms with Crippen LogP contribution in [0.15, 0.2) is 41.5 Å². The summed E-state index contributed by atoms with van der Waals surface area (Å²) in [4.78, 5) is 25.9. The molecule has 19 heavy (non-hydrogen) atoms. The first-order chi connectivity index (χ1) is 9.11. The summed E-state index contributed by atoms with van der Waals surface area (Å²) in [7, 11) is 1.74. The van der Waals surface area contributed by atoms with Gasteiger partial charge in [0, 0.05) is 25.5 Å². The molecule has 7 nitrogen and oxygen atoms in total. The predicted octanol–water partition coefficient (Wildman–Crippen LogP) is 1.24. The van der Waals surface area contributed by atoms with Crippen molar-refractivity contribution in [1.29, 1.82) is 0 Å². The smallest absolute Gasteiger partial charge is 0.334 e. The Morgan fingerprint density at radius 1 is 1.47 bits per heavy atom. The van der Waals surface area contributed by atoms with Crippen LogP contribution in [0.1, 0.15) is 5.56 Å². The van der Waals surface area contributed by atoms with E-state index in [0.717, 1.165) is 5.56 Å². The lowest BCUT2D eigenvalue weighted by molar-refractivity contribution is -0.386. The SMILES string of the molecule is CNc1cc(Cn2cccc([N+](=O)[O-])c2=O)ccn1. The molecule has 0 unspecified atom stereocenters. The van der Waals surface area contributed by atoms with E-state index in [1.165, 1.54) is 22.9 Å². The zero-order chi connectivity index (χ0) is 13.8. The van der Waals surface area contributed by atoms with Gasteiger partial charge in [0.25, 0.3) is 0 Å². The summed E-state index contributed by atoms with van der Waals surface area (Å²) in [5.74, 6) is 0.677. The van der Waals surface area contributed by atoms with Crippen LogP contribution in [-0.2, 0) is 6.54 Å². The minimum absolute atomic E-state index is 0.262. The average Bonchev–Trinajstić information content (AvgIpc) is 2.41. The van der Waals surface area contributed by atoms with Crippen molar-refractivity contribution in [2.45, 2.75) is 6.54 Å². The number of pyridine rings is 2. The molecule has 0 fully saturated rings. The van der Waals surface area contributed by atoms with E-state index < -0.39 is 16.2 Å². The lowest BCUT2D eigenvalue weighted by Crippen LogP contribution is -2.22. The third-order valence-electron chi connectivity index (χ3n) is 2.63. The van der Waals surface area contributed by atoms with Crippen molar-refractivity contribution in [3.63, 3.8) is 0 Å². The van der Waals surface area contributed by atoms with Gasteiger partial charge >= 0.3 is 11.2 Å². The fourth-order valence-electron chi connectivity index (χ4n) is 1.69. The summed E-state index contributed by atoms with van der Waals surface area (Å²) < 4.78 is 1.30. The van der Waals surface area contributed by atoms with Crippen molar-refractivity contribution in [2.75, 3.05) is 12.4 Å². The van der Waals surface area contributed by atoms with Crippen LogP contribution in [0.25, 0.3) is 0 Å². The number of nitrogens with zero attached hydrogens (tertiary/aromatic N) is 3. The van der Waals surface area contributed by atoms with Crippen LogP contribution in [0.5, 0.6) is 0 Å². The van der Waals surface area contributed by atoms with Crippen LogP contribution < -0.4 is 10.9 Å². The van der Waals surface area contributed by atoms with Crippen molar-refractivity contribution >= 4 is 11.5 Å². The molecule has 0 aliphatic rings. The molecule has 0 spiro atoms. The molecule has 0 aromatic carbocycles. The summed E-state index contributed by atoms with van der Waals surface area (Å²) >= 11 is 0. The van der Waals surface area contributed by atoms with Gasteiger partial charge in [-0.05, 0) is 23.8 Å². The van der Waals surface area contributed by atoms with Crippen molar-refractivity contribution in [1.82, 2.24) is 9.55 Å². The van der Waals surface area contributed by atoms with Crippen molar-refractivity contribution < 1.29 is 4.92 Å². The van der Waals surface area contributed by atoms with E-state index in [1.807, 2.05) is 0 Å². The first-order valence-electron chi connectivity index (χ1n) is 5.58. The molecule has 0 amide bonds. The Hall–Kier alpha value is -2.70. The third kappa shape index (κ3) is 2.76. The molecule has 98 valence electrons. The summed E-state index contributed by atoms with van der Waals surface area (Å²) in [6, 6.07) is 6.22. The highest BCUT2D eigenvalue weighted by Crippen LogP contribution is 2.08. The summed E-state index contributed by atoms with van der Waals surface area (Å²) in [5.41, 5.74) is -0.206. The maximum absolute atomic E-state index is 11.9. The topological polar surface area (TPSA) is 90.1 Å². The van der Waals surface area contributed by atoms with Crippen LogP contribution in [-0.4, -0.2) is 21.5 Å². The number of hydrogen-bond donors (Lipinski definition) is 1. The number of nitrogens with one attached hydrogen (secondary N) is 1. The van der Waals surface area contributed by atoms with E-state index in [-0.39, 0.29) is 6.54 Å². The number of nitro groups is 1. The van der Waals surface area contributed by atoms with Crippen LogP contribution in [0.4, 0.5) is 11.5 Å². The van der Waals surface area contributed by atoms with Gasteiger partial charge in [-0.1, -0.05) is 0 Å². The molecule has 7 heteroatoms. The van der Waals surface area contributed by atoms with Crippen LogP contribution in [0.3, 0.4) is 0 Å². The van der Waals surface area contributed by atoms with Gasteiger partial charge in [-0.3, -0.25) is 14.9 Å². The Morgan fingerprint density at radius 3 is 2.95 bits per heavy atom. The number of anilines is 1. The molecular formula is C12H12N4O3. The Balaban J connectivity index is 2.36. The fourth-order valence-corrected chi connectivity index (χ4v) is 1.69. The van der Waals surface area contributed by atoms with E-state index in [1.54, 1.807) is 25.4 Å². The Morgan fingerprint density at radius 2 is 2.26 bits per heavy atom. The van der Waals surface area contributed by atoms with Crippen molar-refractivity contribution in [3.05, 3.63) is 62.7 Å². The Labute approximate surface area is 108 Å². The second kappa shape index (κ2) is 5.30. The summed E-state index contributed by atoms with van der Waals surface area (Å²) in [6.07, 6.45) is 3.14. The molecule has 2 aromatic rings. The van der Waals surface area contributed by atoms with Crippen LogP contribution in [0.2, 0.25) is 0 Å². The zero-order valence-electron chi connectivity index (χ0n) is 10.2. The van der Waals surface area contributed by atoms with Crippen LogP contribution in [0, 0.1) is 10.1 Å². The largest absolute Gasteiger partial charge is 0.373 e. The zero-order valence-corrected chi connectivity index (χ0v) is 10.2. The van der Waals surface area contributed by atoms with Gasteiger partial charge in [0.1, 0.15) is 5.82 Å². The molecular weight excluding hydrogens is 248 g/mol.